The van der Waals surface area contributed by atoms with Crippen LogP contribution in [0.15, 0.2) is 23.1 Å². The van der Waals surface area contributed by atoms with Crippen LogP contribution in [0.25, 0.3) is 0 Å². The molecule has 0 spiro atoms. The number of quaternary nitrogens is 2. The molecule has 3 aliphatic heterocycles. The predicted molar refractivity (Wildman–Crippen MR) is 102 cm³/mol. The topological polar surface area (TPSA) is 58.3 Å². The number of likely N-dealkylation sites (tertiary alicyclic amines) is 1. The standard InChI is InChI=1S/C19H26N4O2S/c1-21-9-11-22(12-10-21)18(25)14-5-6-16-15(13-14)20-17(24)19(26-16)23-7-3-2-4-8-23/h5-6,13,19H,2-4,7-12H2,1H3,(H,20,24)/p+2. The molecule has 2 saturated heterocycles. The Morgan fingerprint density at radius 1 is 1.15 bits per heavy atom. The van der Waals surface area contributed by atoms with E-state index >= 15 is 0 Å². The summed E-state index contributed by atoms with van der Waals surface area (Å²) in [5.41, 5.74) is 1.46. The number of anilines is 1. The summed E-state index contributed by atoms with van der Waals surface area (Å²) in [6.45, 7) is 5.71. The number of thioether (sulfide) groups is 1. The van der Waals surface area contributed by atoms with Crippen LogP contribution in [0.4, 0.5) is 5.69 Å². The van der Waals surface area contributed by atoms with Gasteiger partial charge in [-0.25, -0.2) is 0 Å². The first kappa shape index (κ1) is 17.8. The molecule has 1 atom stereocenters. The van der Waals surface area contributed by atoms with Gasteiger partial charge in [0.05, 0.1) is 52.0 Å². The zero-order valence-corrected chi connectivity index (χ0v) is 16.2. The molecule has 2 amide bonds. The number of nitrogens with one attached hydrogen (secondary N) is 3. The van der Waals surface area contributed by atoms with Crippen LogP contribution in [0.3, 0.4) is 0 Å². The number of piperazine rings is 1. The summed E-state index contributed by atoms with van der Waals surface area (Å²) in [7, 11) is 2.16. The summed E-state index contributed by atoms with van der Waals surface area (Å²) in [5, 5.41) is 2.99. The van der Waals surface area contributed by atoms with E-state index in [4.69, 9.17) is 0 Å². The van der Waals surface area contributed by atoms with E-state index in [0.717, 1.165) is 49.9 Å². The van der Waals surface area contributed by atoms with Crippen LogP contribution in [0.2, 0.25) is 0 Å². The number of hydrogen-bond acceptors (Lipinski definition) is 3. The van der Waals surface area contributed by atoms with Gasteiger partial charge in [-0.1, -0.05) is 11.8 Å². The zero-order valence-electron chi connectivity index (χ0n) is 15.3. The summed E-state index contributed by atoms with van der Waals surface area (Å²) in [6, 6.07) is 5.78. The number of benzene rings is 1. The van der Waals surface area contributed by atoms with Crippen molar-refractivity contribution in [3.63, 3.8) is 0 Å². The minimum atomic E-state index is -0.0649. The Morgan fingerprint density at radius 3 is 2.62 bits per heavy atom. The Labute approximate surface area is 158 Å². The molecule has 0 saturated carbocycles. The average Bonchev–Trinajstić information content (AvgIpc) is 2.68. The van der Waals surface area contributed by atoms with Gasteiger partial charge in [0, 0.05) is 10.5 Å². The quantitative estimate of drug-likeness (QED) is 0.627. The molecule has 1 aromatic rings. The summed E-state index contributed by atoms with van der Waals surface area (Å²) in [5.74, 6) is 0.149. The highest BCUT2D eigenvalue weighted by atomic mass is 32.2. The van der Waals surface area contributed by atoms with Gasteiger partial charge in [-0.15, -0.1) is 0 Å². The van der Waals surface area contributed by atoms with Crippen molar-refractivity contribution in [2.45, 2.75) is 29.5 Å². The van der Waals surface area contributed by atoms with E-state index in [9.17, 15) is 9.59 Å². The van der Waals surface area contributed by atoms with Gasteiger partial charge in [0.25, 0.3) is 11.8 Å². The third-order valence-corrected chi connectivity index (χ3v) is 7.13. The van der Waals surface area contributed by atoms with Gasteiger partial charge in [-0.3, -0.25) is 9.59 Å². The first-order valence-corrected chi connectivity index (χ1v) is 10.6. The van der Waals surface area contributed by atoms with E-state index < -0.39 is 0 Å². The highest BCUT2D eigenvalue weighted by Gasteiger charge is 2.36. The molecule has 0 radical (unpaired) electrons. The third-order valence-electron chi connectivity index (χ3n) is 5.74. The summed E-state index contributed by atoms with van der Waals surface area (Å²) >= 11 is 1.65. The largest absolute Gasteiger partial charge is 0.334 e. The van der Waals surface area contributed by atoms with E-state index in [1.165, 1.54) is 29.1 Å². The van der Waals surface area contributed by atoms with Crippen molar-refractivity contribution in [3.8, 4) is 0 Å². The molecular formula is C19H28N4O2S+2. The minimum Gasteiger partial charge on any atom is -0.334 e. The Kier molecular flexibility index (Phi) is 5.20. The number of fused-ring (bicyclic) bond motifs is 1. The fourth-order valence-electron chi connectivity index (χ4n) is 4.05. The molecule has 3 N–H and O–H groups in total. The van der Waals surface area contributed by atoms with Crippen molar-refractivity contribution in [1.29, 1.82) is 0 Å². The van der Waals surface area contributed by atoms with Crippen LogP contribution in [0.5, 0.6) is 0 Å². The maximum Gasteiger partial charge on any atom is 0.294 e. The molecule has 0 aromatic heterocycles. The fourth-order valence-corrected chi connectivity index (χ4v) is 5.26. The second-order valence-electron chi connectivity index (χ2n) is 7.67. The second kappa shape index (κ2) is 7.58. The van der Waals surface area contributed by atoms with Gasteiger partial charge in [0.1, 0.15) is 0 Å². The highest BCUT2D eigenvalue weighted by Crippen LogP contribution is 2.34. The van der Waals surface area contributed by atoms with Crippen molar-refractivity contribution in [2.75, 3.05) is 51.6 Å². The molecule has 3 aliphatic rings. The first-order valence-electron chi connectivity index (χ1n) is 9.68. The Hall–Kier alpha value is -1.57. The first-order chi connectivity index (χ1) is 12.6. The van der Waals surface area contributed by atoms with E-state index in [2.05, 4.69) is 12.4 Å². The van der Waals surface area contributed by atoms with Crippen LogP contribution >= 0.6 is 11.8 Å². The monoisotopic (exact) mass is 376 g/mol. The maximum absolute atomic E-state index is 12.8. The van der Waals surface area contributed by atoms with Gasteiger partial charge in [0.2, 0.25) is 5.37 Å². The number of carbonyl (C=O) groups excluding carboxylic acids is 2. The van der Waals surface area contributed by atoms with Gasteiger partial charge in [-0.05, 0) is 37.5 Å². The normalized spacial score (nSPS) is 24.9. The summed E-state index contributed by atoms with van der Waals surface area (Å²) in [4.78, 5) is 31.2. The van der Waals surface area contributed by atoms with E-state index in [-0.39, 0.29) is 17.2 Å². The molecule has 26 heavy (non-hydrogen) atoms. The Balaban J connectivity index is 1.48. The molecule has 4 rings (SSSR count). The molecular weight excluding hydrogens is 348 g/mol. The number of likely N-dealkylation sites (N-methyl/N-ethyl adjacent to an activating group) is 1. The molecule has 1 unspecified atom stereocenters. The minimum absolute atomic E-state index is 0.0649. The van der Waals surface area contributed by atoms with E-state index in [1.54, 1.807) is 11.8 Å². The maximum atomic E-state index is 12.8. The van der Waals surface area contributed by atoms with Crippen molar-refractivity contribution in [1.82, 2.24) is 4.90 Å². The van der Waals surface area contributed by atoms with Crippen LogP contribution in [0, 0.1) is 0 Å². The number of rotatable bonds is 2. The number of nitrogens with zero attached hydrogens (tertiary/aromatic N) is 1. The Bertz CT molecular complexity index is 697. The molecule has 7 heteroatoms. The molecule has 6 nitrogen and oxygen atoms in total. The molecule has 0 aliphatic carbocycles. The molecule has 140 valence electrons. The van der Waals surface area contributed by atoms with Crippen LogP contribution < -0.4 is 15.1 Å². The molecule has 0 bridgehead atoms. The lowest BCUT2D eigenvalue weighted by Gasteiger charge is -2.33. The van der Waals surface area contributed by atoms with Crippen LogP contribution in [-0.2, 0) is 4.79 Å². The number of hydrogen-bond donors (Lipinski definition) is 3. The van der Waals surface area contributed by atoms with Crippen molar-refractivity contribution in [2.24, 2.45) is 0 Å². The molecule has 1 aromatic carbocycles. The predicted octanol–water partition coefficient (Wildman–Crippen LogP) is -0.904. The summed E-state index contributed by atoms with van der Waals surface area (Å²) < 4.78 is 0. The lowest BCUT2D eigenvalue weighted by molar-refractivity contribution is -0.906. The number of carbonyl (C=O) groups is 2. The fraction of sp³-hybridized carbons (Fsp3) is 0.579. The smallest absolute Gasteiger partial charge is 0.294 e. The number of piperidine rings is 1. The van der Waals surface area contributed by atoms with E-state index in [0.29, 0.717) is 5.56 Å². The number of amides is 2. The molecule has 2 fully saturated rings. The van der Waals surface area contributed by atoms with Crippen molar-refractivity contribution >= 4 is 29.3 Å². The van der Waals surface area contributed by atoms with Gasteiger partial charge in [0.15, 0.2) is 0 Å². The van der Waals surface area contributed by atoms with Crippen LogP contribution in [-0.4, -0.2) is 68.4 Å². The lowest BCUT2D eigenvalue weighted by atomic mass is 10.1. The zero-order chi connectivity index (χ0) is 18.1. The van der Waals surface area contributed by atoms with Gasteiger partial charge >= 0.3 is 0 Å². The highest BCUT2D eigenvalue weighted by molar-refractivity contribution is 8.00. The second-order valence-corrected chi connectivity index (χ2v) is 8.81. The Morgan fingerprint density at radius 2 is 1.88 bits per heavy atom. The van der Waals surface area contributed by atoms with E-state index in [1.807, 2.05) is 23.1 Å². The summed E-state index contributed by atoms with van der Waals surface area (Å²) in [6.07, 6.45) is 3.68. The van der Waals surface area contributed by atoms with Gasteiger partial charge < -0.3 is 20.0 Å². The van der Waals surface area contributed by atoms with Gasteiger partial charge in [-0.2, -0.15) is 0 Å². The lowest BCUT2D eigenvalue weighted by Crippen LogP contribution is -3.17. The van der Waals surface area contributed by atoms with Crippen molar-refractivity contribution < 1.29 is 19.4 Å². The third kappa shape index (κ3) is 3.61. The van der Waals surface area contributed by atoms with Crippen LogP contribution in [0.1, 0.15) is 29.6 Å². The SMILES string of the molecule is C[NH+]1CCN(C(=O)c2ccc3c(c2)NC(=O)C([NH+]2CCCCC2)S3)CC1. The van der Waals surface area contributed by atoms with Crippen molar-refractivity contribution in [3.05, 3.63) is 23.8 Å². The average molecular weight is 377 g/mol. The molecule has 3 heterocycles.